The van der Waals surface area contributed by atoms with Gasteiger partial charge in [-0.05, 0) is 29.8 Å². The second-order valence-electron chi connectivity index (χ2n) is 5.59. The minimum Gasteiger partial charge on any atom is -0.321 e. The Labute approximate surface area is 155 Å². The predicted molar refractivity (Wildman–Crippen MR) is 100 cm³/mol. The average molecular weight is 364 g/mol. The van der Waals surface area contributed by atoms with Gasteiger partial charge in [0.15, 0.2) is 0 Å². The van der Waals surface area contributed by atoms with Crippen LogP contribution in [0.1, 0.15) is 21.5 Å². The van der Waals surface area contributed by atoms with Crippen molar-refractivity contribution in [3.63, 3.8) is 0 Å². The lowest BCUT2D eigenvalue weighted by Gasteiger charge is -2.10. The maximum atomic E-state index is 12.5. The molecule has 1 N–H and O–H groups in total. The number of nitrogens with one attached hydrogen (secondary N) is 1. The van der Waals surface area contributed by atoms with E-state index in [2.05, 4.69) is 5.32 Å². The molecule has 0 atom stereocenters. The number of amides is 1. The number of anilines is 1. The summed E-state index contributed by atoms with van der Waals surface area (Å²) in [4.78, 5) is 24.6. The zero-order valence-electron chi connectivity index (χ0n) is 13.6. The Bertz CT molecular complexity index is 1070. The fourth-order valence-electron chi connectivity index (χ4n) is 2.48. The maximum Gasteiger partial charge on any atom is 0.257 e. The third kappa shape index (κ3) is 3.82. The third-order valence-corrected chi connectivity index (χ3v) is 4.21. The first kappa shape index (κ1) is 17.5. The third-order valence-electron chi connectivity index (χ3n) is 3.84. The van der Waals surface area contributed by atoms with Gasteiger partial charge in [0.25, 0.3) is 11.5 Å². The van der Waals surface area contributed by atoms with Crippen LogP contribution in [0.25, 0.3) is 0 Å². The molecule has 0 saturated carbocycles. The summed E-state index contributed by atoms with van der Waals surface area (Å²) in [6, 6.07) is 18.8. The summed E-state index contributed by atoms with van der Waals surface area (Å²) >= 11 is 6.14. The molecular weight excluding hydrogens is 350 g/mol. The highest BCUT2D eigenvalue weighted by Gasteiger charge is 2.11. The van der Waals surface area contributed by atoms with Crippen LogP contribution in [0.3, 0.4) is 0 Å². The lowest BCUT2D eigenvalue weighted by atomic mass is 10.1. The number of nitriles is 1. The van der Waals surface area contributed by atoms with Gasteiger partial charge < -0.3 is 9.88 Å². The molecule has 3 rings (SSSR count). The van der Waals surface area contributed by atoms with E-state index in [4.69, 9.17) is 16.9 Å². The van der Waals surface area contributed by atoms with Crippen molar-refractivity contribution in [2.75, 3.05) is 5.32 Å². The Morgan fingerprint density at radius 1 is 1.08 bits per heavy atom. The van der Waals surface area contributed by atoms with Crippen LogP contribution in [0.5, 0.6) is 0 Å². The van der Waals surface area contributed by atoms with Crippen molar-refractivity contribution < 1.29 is 4.79 Å². The van der Waals surface area contributed by atoms with Crippen molar-refractivity contribution in [1.82, 2.24) is 4.57 Å². The molecule has 2 aromatic carbocycles. The first-order valence-electron chi connectivity index (χ1n) is 7.83. The Kier molecular flexibility index (Phi) is 5.16. The number of rotatable bonds is 4. The van der Waals surface area contributed by atoms with E-state index in [-0.39, 0.29) is 12.1 Å². The summed E-state index contributed by atoms with van der Waals surface area (Å²) < 4.78 is 1.42. The van der Waals surface area contributed by atoms with Crippen molar-refractivity contribution >= 4 is 23.2 Å². The van der Waals surface area contributed by atoms with Crippen molar-refractivity contribution in [3.8, 4) is 6.07 Å². The molecule has 3 aromatic rings. The molecule has 0 unspecified atom stereocenters. The van der Waals surface area contributed by atoms with Crippen molar-refractivity contribution in [1.29, 1.82) is 5.26 Å². The fraction of sp³-hybridized carbons (Fsp3) is 0.0500. The van der Waals surface area contributed by atoms with Crippen LogP contribution in [0, 0.1) is 11.3 Å². The highest BCUT2D eigenvalue weighted by Crippen LogP contribution is 2.17. The predicted octanol–water partition coefficient (Wildman–Crippen LogP) is 3.67. The summed E-state index contributed by atoms with van der Waals surface area (Å²) in [6.07, 6.45) is 1.48. The zero-order valence-corrected chi connectivity index (χ0v) is 14.4. The van der Waals surface area contributed by atoms with Gasteiger partial charge in [-0.2, -0.15) is 5.26 Å². The molecule has 0 aliphatic heterocycles. The Morgan fingerprint density at radius 2 is 1.81 bits per heavy atom. The number of hydrogen-bond donors (Lipinski definition) is 1. The van der Waals surface area contributed by atoms with Gasteiger partial charge in [-0.15, -0.1) is 0 Å². The van der Waals surface area contributed by atoms with Gasteiger partial charge in [-0.3, -0.25) is 9.59 Å². The molecule has 6 heteroatoms. The van der Waals surface area contributed by atoms with E-state index in [0.717, 1.165) is 5.56 Å². The molecule has 0 saturated heterocycles. The van der Waals surface area contributed by atoms with E-state index in [1.54, 1.807) is 30.3 Å². The molecule has 1 amide bonds. The van der Waals surface area contributed by atoms with Crippen LogP contribution in [0.2, 0.25) is 5.02 Å². The van der Waals surface area contributed by atoms with Gasteiger partial charge >= 0.3 is 0 Å². The zero-order chi connectivity index (χ0) is 18.5. The first-order valence-corrected chi connectivity index (χ1v) is 8.20. The standard InChI is InChI=1S/C20H14ClN3O2/c21-17-7-3-1-6-15(17)12-24-13-16(9-10-19(24)25)20(26)23-18-8-4-2-5-14(18)11-22/h1-10,13H,12H2,(H,23,26). The number of hydrogen-bond acceptors (Lipinski definition) is 3. The number of halogens is 1. The summed E-state index contributed by atoms with van der Waals surface area (Å²) in [6.45, 7) is 0.258. The van der Waals surface area contributed by atoms with E-state index in [9.17, 15) is 9.59 Å². The monoisotopic (exact) mass is 363 g/mol. The smallest absolute Gasteiger partial charge is 0.257 e. The van der Waals surface area contributed by atoms with E-state index >= 15 is 0 Å². The number of para-hydroxylation sites is 1. The van der Waals surface area contributed by atoms with Gasteiger partial charge in [0.05, 0.1) is 23.4 Å². The van der Waals surface area contributed by atoms with Crippen molar-refractivity contribution in [2.45, 2.75) is 6.54 Å². The summed E-state index contributed by atoms with van der Waals surface area (Å²) in [5, 5.41) is 12.4. The number of pyridine rings is 1. The SMILES string of the molecule is N#Cc1ccccc1NC(=O)c1ccc(=O)n(Cc2ccccc2Cl)c1. The Hall–Kier alpha value is -3.36. The highest BCUT2D eigenvalue weighted by atomic mass is 35.5. The summed E-state index contributed by atoms with van der Waals surface area (Å²) in [5.41, 5.74) is 1.64. The highest BCUT2D eigenvalue weighted by molar-refractivity contribution is 6.31. The lowest BCUT2D eigenvalue weighted by molar-refractivity contribution is 0.102. The average Bonchev–Trinajstić information content (AvgIpc) is 2.65. The number of carbonyl (C=O) groups is 1. The molecular formula is C20H14ClN3O2. The van der Waals surface area contributed by atoms with Crippen molar-refractivity contribution in [2.24, 2.45) is 0 Å². The van der Waals surface area contributed by atoms with E-state index < -0.39 is 5.91 Å². The van der Waals surface area contributed by atoms with Crippen LogP contribution in [0.4, 0.5) is 5.69 Å². The first-order chi connectivity index (χ1) is 12.6. The fourth-order valence-corrected chi connectivity index (χ4v) is 2.68. The van der Waals surface area contributed by atoms with Gasteiger partial charge in [0.2, 0.25) is 0 Å². The van der Waals surface area contributed by atoms with Gasteiger partial charge in [-0.1, -0.05) is 41.9 Å². The molecule has 26 heavy (non-hydrogen) atoms. The van der Waals surface area contributed by atoms with Crippen LogP contribution in [0.15, 0.2) is 71.7 Å². The normalized spacial score (nSPS) is 10.2. The lowest BCUT2D eigenvalue weighted by Crippen LogP contribution is -2.22. The number of nitrogens with zero attached hydrogens (tertiary/aromatic N) is 2. The number of carbonyl (C=O) groups excluding carboxylic acids is 1. The van der Waals surface area contributed by atoms with Crippen molar-refractivity contribution in [3.05, 3.63) is 98.9 Å². The number of aromatic nitrogens is 1. The number of benzene rings is 2. The van der Waals surface area contributed by atoms with Crippen LogP contribution < -0.4 is 10.9 Å². The summed E-state index contributed by atoms with van der Waals surface area (Å²) in [7, 11) is 0. The molecule has 1 heterocycles. The summed E-state index contributed by atoms with van der Waals surface area (Å²) in [5.74, 6) is -0.402. The second kappa shape index (κ2) is 7.68. The molecule has 0 aliphatic carbocycles. The quantitative estimate of drug-likeness (QED) is 0.768. The van der Waals surface area contributed by atoms with Gasteiger partial charge in [0, 0.05) is 17.3 Å². The molecule has 0 radical (unpaired) electrons. The Morgan fingerprint density at radius 3 is 2.58 bits per heavy atom. The molecule has 0 bridgehead atoms. The van der Waals surface area contributed by atoms with Crippen LogP contribution in [-0.2, 0) is 6.54 Å². The van der Waals surface area contributed by atoms with Crippen LogP contribution in [-0.4, -0.2) is 10.5 Å². The van der Waals surface area contributed by atoms with E-state index in [0.29, 0.717) is 21.8 Å². The van der Waals surface area contributed by atoms with Gasteiger partial charge in [0.1, 0.15) is 6.07 Å². The molecule has 0 aliphatic rings. The Balaban J connectivity index is 1.87. The molecule has 0 spiro atoms. The topological polar surface area (TPSA) is 74.9 Å². The minimum absolute atomic E-state index is 0.237. The molecule has 1 aromatic heterocycles. The second-order valence-corrected chi connectivity index (χ2v) is 5.99. The largest absolute Gasteiger partial charge is 0.321 e. The minimum atomic E-state index is -0.402. The molecule has 5 nitrogen and oxygen atoms in total. The van der Waals surface area contributed by atoms with Gasteiger partial charge in [-0.25, -0.2) is 0 Å². The molecule has 128 valence electrons. The molecule has 0 fully saturated rings. The van der Waals surface area contributed by atoms with E-state index in [1.807, 2.05) is 24.3 Å². The van der Waals surface area contributed by atoms with Crippen LogP contribution >= 0.6 is 11.6 Å². The van der Waals surface area contributed by atoms with E-state index in [1.165, 1.54) is 22.9 Å². The maximum absolute atomic E-state index is 12.5.